The molecule has 0 atom stereocenters. The molecule has 5 nitrogen and oxygen atoms in total. The zero-order valence-corrected chi connectivity index (χ0v) is 7.57. The molecule has 0 bridgehead atoms. The molecule has 2 N–H and O–H groups in total. The zero-order valence-electron chi connectivity index (χ0n) is 7.57. The van der Waals surface area contributed by atoms with Gasteiger partial charge in [0.2, 0.25) is 0 Å². The smallest absolute Gasteiger partial charge is 0.331 e. The molecule has 78 valence electrons. The van der Waals surface area contributed by atoms with Crippen molar-refractivity contribution in [3.05, 3.63) is 0 Å². The quantitative estimate of drug-likeness (QED) is 0.393. The molecule has 0 aliphatic heterocycles. The van der Waals surface area contributed by atoms with E-state index in [0.29, 0.717) is 26.2 Å². The fourth-order valence-corrected chi connectivity index (χ4v) is 0.704. The number of rotatable bonds is 8. The topological polar surface area (TPSA) is 76.0 Å². The number of ether oxygens (including phenoxy) is 2. The Bertz CT molecular complexity index is 126. The van der Waals surface area contributed by atoms with Crippen LogP contribution in [0, 0.1) is 0 Å². The molecule has 0 aromatic heterocycles. The van der Waals surface area contributed by atoms with Crippen LogP contribution in [0.5, 0.6) is 0 Å². The molecule has 0 aliphatic rings. The molecule has 0 amide bonds. The number of carbonyl (C=O) groups is 1. The van der Waals surface area contributed by atoms with E-state index >= 15 is 0 Å². The van der Waals surface area contributed by atoms with Crippen molar-refractivity contribution in [3.63, 3.8) is 0 Å². The van der Waals surface area contributed by atoms with E-state index in [1.807, 2.05) is 0 Å². The highest BCUT2D eigenvalue weighted by Gasteiger charge is 1.97. The van der Waals surface area contributed by atoms with Gasteiger partial charge < -0.3 is 19.7 Å². The highest BCUT2D eigenvalue weighted by molar-refractivity contribution is 5.70. The van der Waals surface area contributed by atoms with Gasteiger partial charge in [-0.15, -0.1) is 0 Å². The van der Waals surface area contributed by atoms with E-state index in [1.54, 1.807) is 0 Å². The van der Waals surface area contributed by atoms with Crippen LogP contribution in [0.3, 0.4) is 0 Å². The Labute approximate surface area is 77.3 Å². The zero-order chi connectivity index (χ0) is 9.94. The minimum absolute atomic E-state index is 0.0273. The normalized spacial score (nSPS) is 10.0. The monoisotopic (exact) mass is 192 g/mol. The van der Waals surface area contributed by atoms with Gasteiger partial charge in [0.1, 0.15) is 6.61 Å². The summed E-state index contributed by atoms with van der Waals surface area (Å²) >= 11 is 0. The maximum atomic E-state index is 10.4. The molecular weight excluding hydrogens is 176 g/mol. The van der Waals surface area contributed by atoms with Crippen LogP contribution in [0.1, 0.15) is 12.8 Å². The van der Waals surface area contributed by atoms with E-state index in [4.69, 9.17) is 14.9 Å². The number of carbonyl (C=O) groups excluding carboxylic acids is 1. The Morgan fingerprint density at radius 2 is 1.77 bits per heavy atom. The third-order valence-electron chi connectivity index (χ3n) is 1.31. The summed E-state index contributed by atoms with van der Waals surface area (Å²) in [7, 11) is 0. The van der Waals surface area contributed by atoms with Gasteiger partial charge in [0.05, 0.1) is 19.8 Å². The predicted molar refractivity (Wildman–Crippen MR) is 45.2 cm³/mol. The first-order valence-corrected chi connectivity index (χ1v) is 4.26. The number of hydrogen-bond donors (Lipinski definition) is 2. The van der Waals surface area contributed by atoms with Crippen LogP contribution in [-0.4, -0.2) is 49.2 Å². The van der Waals surface area contributed by atoms with E-state index in [9.17, 15) is 4.79 Å². The summed E-state index contributed by atoms with van der Waals surface area (Å²) < 4.78 is 9.58. The number of aliphatic hydroxyl groups excluding tert-OH is 2. The Kier molecular flexibility index (Phi) is 8.97. The van der Waals surface area contributed by atoms with E-state index in [-0.39, 0.29) is 6.61 Å². The molecule has 0 unspecified atom stereocenters. The second-order valence-electron chi connectivity index (χ2n) is 2.42. The van der Waals surface area contributed by atoms with Crippen LogP contribution in [0.25, 0.3) is 0 Å². The van der Waals surface area contributed by atoms with Crippen molar-refractivity contribution in [2.24, 2.45) is 0 Å². The number of hydrogen-bond acceptors (Lipinski definition) is 5. The Morgan fingerprint density at radius 1 is 1.08 bits per heavy atom. The summed E-state index contributed by atoms with van der Waals surface area (Å²) in [6, 6.07) is 0. The van der Waals surface area contributed by atoms with E-state index in [2.05, 4.69) is 4.74 Å². The predicted octanol–water partition coefficient (Wildman–Crippen LogP) is -0.689. The molecule has 0 spiro atoms. The van der Waals surface area contributed by atoms with Gasteiger partial charge in [0.25, 0.3) is 0 Å². The molecule has 5 heteroatoms. The lowest BCUT2D eigenvalue weighted by Crippen LogP contribution is -2.10. The summed E-state index contributed by atoms with van der Waals surface area (Å²) in [4.78, 5) is 10.4. The molecule has 0 aromatic carbocycles. The van der Waals surface area contributed by atoms with Crippen molar-refractivity contribution in [1.29, 1.82) is 0 Å². The van der Waals surface area contributed by atoms with Crippen LogP contribution in [0.4, 0.5) is 0 Å². The molecule has 0 fully saturated rings. The maximum absolute atomic E-state index is 10.4. The van der Waals surface area contributed by atoms with Crippen molar-refractivity contribution in [1.82, 2.24) is 0 Å². The Hall–Kier alpha value is -0.650. The molecule has 0 saturated heterocycles. The van der Waals surface area contributed by atoms with Crippen molar-refractivity contribution in [3.8, 4) is 0 Å². The molecule has 0 rings (SSSR count). The van der Waals surface area contributed by atoms with Crippen LogP contribution in [0.15, 0.2) is 0 Å². The van der Waals surface area contributed by atoms with Gasteiger partial charge in [-0.3, -0.25) is 0 Å². The van der Waals surface area contributed by atoms with E-state index in [1.165, 1.54) is 0 Å². The van der Waals surface area contributed by atoms with Crippen LogP contribution < -0.4 is 0 Å². The van der Waals surface area contributed by atoms with Gasteiger partial charge >= 0.3 is 5.97 Å². The summed E-state index contributed by atoms with van der Waals surface area (Å²) in [6.45, 7) is 0.663. The fourth-order valence-electron chi connectivity index (χ4n) is 0.704. The summed E-state index contributed by atoms with van der Waals surface area (Å²) in [5.41, 5.74) is 0. The molecular formula is C8H16O5. The fraction of sp³-hybridized carbons (Fsp3) is 0.875. The van der Waals surface area contributed by atoms with Crippen molar-refractivity contribution in [2.45, 2.75) is 12.8 Å². The molecule has 0 heterocycles. The van der Waals surface area contributed by atoms with Gasteiger partial charge in [0.15, 0.2) is 0 Å². The second kappa shape index (κ2) is 9.44. The first kappa shape index (κ1) is 12.3. The lowest BCUT2D eigenvalue weighted by molar-refractivity contribution is -0.147. The Morgan fingerprint density at radius 3 is 2.38 bits per heavy atom. The van der Waals surface area contributed by atoms with Gasteiger partial charge in [-0.25, -0.2) is 4.79 Å². The number of aliphatic hydroxyl groups is 2. The SMILES string of the molecule is O=C(CO)OCCCCOCCO. The average Bonchev–Trinajstić information content (AvgIpc) is 2.16. The summed E-state index contributed by atoms with van der Waals surface area (Å²) in [5.74, 6) is -0.601. The first-order chi connectivity index (χ1) is 6.31. The second-order valence-corrected chi connectivity index (χ2v) is 2.42. The van der Waals surface area contributed by atoms with Crippen molar-refractivity contribution < 1.29 is 24.5 Å². The Balaban J connectivity index is 2.95. The highest BCUT2D eigenvalue weighted by atomic mass is 16.5. The first-order valence-electron chi connectivity index (χ1n) is 4.26. The third kappa shape index (κ3) is 9.26. The maximum Gasteiger partial charge on any atom is 0.331 e. The van der Waals surface area contributed by atoms with Crippen molar-refractivity contribution in [2.75, 3.05) is 33.0 Å². The molecule has 0 saturated carbocycles. The van der Waals surface area contributed by atoms with Crippen molar-refractivity contribution >= 4 is 5.97 Å². The average molecular weight is 192 g/mol. The van der Waals surface area contributed by atoms with Gasteiger partial charge in [-0.05, 0) is 12.8 Å². The lowest BCUT2D eigenvalue weighted by Gasteiger charge is -2.03. The minimum atomic E-state index is -0.601. The van der Waals surface area contributed by atoms with Crippen LogP contribution in [-0.2, 0) is 14.3 Å². The van der Waals surface area contributed by atoms with Gasteiger partial charge in [-0.1, -0.05) is 0 Å². The third-order valence-corrected chi connectivity index (χ3v) is 1.31. The van der Waals surface area contributed by atoms with Crippen LogP contribution in [0.2, 0.25) is 0 Å². The summed E-state index contributed by atoms with van der Waals surface area (Å²) in [6.07, 6.45) is 1.48. The lowest BCUT2D eigenvalue weighted by atomic mass is 10.3. The standard InChI is InChI=1S/C8H16O5/c9-3-6-12-4-1-2-5-13-8(11)7-10/h9-10H,1-7H2. The van der Waals surface area contributed by atoms with Crippen LogP contribution >= 0.6 is 0 Å². The number of esters is 1. The molecule has 0 radical (unpaired) electrons. The van der Waals surface area contributed by atoms with Gasteiger partial charge in [0, 0.05) is 6.61 Å². The molecule has 0 aromatic rings. The highest BCUT2D eigenvalue weighted by Crippen LogP contribution is 1.91. The largest absolute Gasteiger partial charge is 0.464 e. The van der Waals surface area contributed by atoms with Gasteiger partial charge in [-0.2, -0.15) is 0 Å². The summed E-state index contributed by atoms with van der Waals surface area (Å²) in [5, 5.41) is 16.6. The number of unbranched alkanes of at least 4 members (excludes halogenated alkanes) is 1. The van der Waals surface area contributed by atoms with E-state index in [0.717, 1.165) is 6.42 Å². The molecule has 0 aliphatic carbocycles. The molecule has 13 heavy (non-hydrogen) atoms. The van der Waals surface area contributed by atoms with E-state index < -0.39 is 12.6 Å². The minimum Gasteiger partial charge on any atom is -0.464 e.